The van der Waals surface area contributed by atoms with E-state index in [9.17, 15) is 0 Å². The van der Waals surface area contributed by atoms with E-state index in [1.807, 2.05) is 0 Å². The molecule has 1 aromatic carbocycles. The molecule has 0 unspecified atom stereocenters. The smallest absolute Gasteiger partial charge is 0.239 e. The van der Waals surface area contributed by atoms with Crippen molar-refractivity contribution in [2.24, 2.45) is 0 Å². The van der Waals surface area contributed by atoms with Crippen LogP contribution in [0.15, 0.2) is 30.3 Å². The molecule has 2 aromatic rings. The fraction of sp³-hybridized carbons (Fsp3) is 0.231. The molecule has 0 atom stereocenters. The van der Waals surface area contributed by atoms with Crippen LogP contribution in [0.5, 0.6) is 17.4 Å². The van der Waals surface area contributed by atoms with Gasteiger partial charge in [-0.25, -0.2) is 0 Å². The molecule has 0 spiro atoms. The molecule has 0 aliphatic carbocycles. The topological polar surface area (TPSA) is 84.7 Å². The molecule has 0 aliphatic heterocycles. The molecule has 2 rings (SSSR count). The van der Waals surface area contributed by atoms with Crippen molar-refractivity contribution in [2.45, 2.75) is 13.2 Å². The van der Waals surface area contributed by atoms with Gasteiger partial charge in [-0.15, -0.1) is 10.2 Å². The number of nitrogens with zero attached hydrogens (tertiary/aromatic N) is 2. The number of aliphatic hydroxyl groups excluding tert-OH is 2. The highest BCUT2D eigenvalue weighted by Gasteiger charge is 2.08. The molecule has 1 heterocycles. The molecule has 6 nitrogen and oxygen atoms in total. The van der Waals surface area contributed by atoms with Crippen LogP contribution in [-0.4, -0.2) is 27.5 Å². The van der Waals surface area contributed by atoms with Gasteiger partial charge in [-0.05, 0) is 23.8 Å². The van der Waals surface area contributed by atoms with Gasteiger partial charge in [0, 0.05) is 6.07 Å². The Morgan fingerprint density at radius 1 is 1.00 bits per heavy atom. The Kier molecular flexibility index (Phi) is 4.27. The fourth-order valence-corrected chi connectivity index (χ4v) is 1.49. The number of hydrogen-bond acceptors (Lipinski definition) is 6. The van der Waals surface area contributed by atoms with Gasteiger partial charge < -0.3 is 19.7 Å². The third kappa shape index (κ3) is 3.18. The zero-order valence-corrected chi connectivity index (χ0v) is 10.4. The monoisotopic (exact) mass is 262 g/mol. The molecule has 6 heteroatoms. The Morgan fingerprint density at radius 2 is 1.84 bits per heavy atom. The zero-order chi connectivity index (χ0) is 13.7. The van der Waals surface area contributed by atoms with Gasteiger partial charge in [0.2, 0.25) is 5.88 Å². The Morgan fingerprint density at radius 3 is 2.42 bits per heavy atom. The lowest BCUT2D eigenvalue weighted by atomic mass is 10.2. The summed E-state index contributed by atoms with van der Waals surface area (Å²) in [6.07, 6.45) is 0. The molecule has 0 saturated carbocycles. The first-order valence-corrected chi connectivity index (χ1v) is 5.66. The standard InChI is InChI=1S/C13H14N2O4/c1-18-12-6-9(7-16)2-4-11(12)19-13-5-3-10(8-17)14-15-13/h2-6,16-17H,7-8H2,1H3. The maximum Gasteiger partial charge on any atom is 0.239 e. The van der Waals surface area contributed by atoms with E-state index in [4.69, 9.17) is 19.7 Å². The summed E-state index contributed by atoms with van der Waals surface area (Å²) < 4.78 is 10.7. The summed E-state index contributed by atoms with van der Waals surface area (Å²) in [6, 6.07) is 8.33. The highest BCUT2D eigenvalue weighted by atomic mass is 16.5. The van der Waals surface area contributed by atoms with Crippen LogP contribution in [-0.2, 0) is 13.2 Å². The van der Waals surface area contributed by atoms with Gasteiger partial charge >= 0.3 is 0 Å². The number of rotatable bonds is 5. The first-order chi connectivity index (χ1) is 9.26. The van der Waals surface area contributed by atoms with Crippen LogP contribution in [0.1, 0.15) is 11.3 Å². The lowest BCUT2D eigenvalue weighted by Gasteiger charge is -2.10. The van der Waals surface area contributed by atoms with E-state index in [1.165, 1.54) is 7.11 Å². The molecule has 0 aliphatic rings. The fourth-order valence-electron chi connectivity index (χ4n) is 1.49. The number of benzene rings is 1. The van der Waals surface area contributed by atoms with E-state index in [0.29, 0.717) is 23.1 Å². The van der Waals surface area contributed by atoms with E-state index >= 15 is 0 Å². The molecule has 0 amide bonds. The maximum absolute atomic E-state index is 9.05. The Balaban J connectivity index is 2.21. The molecule has 2 N–H and O–H groups in total. The molecule has 0 bridgehead atoms. The van der Waals surface area contributed by atoms with Crippen LogP contribution >= 0.6 is 0 Å². The zero-order valence-electron chi connectivity index (χ0n) is 10.4. The average molecular weight is 262 g/mol. The van der Waals surface area contributed by atoms with E-state index in [0.717, 1.165) is 5.56 Å². The maximum atomic E-state index is 9.05. The summed E-state index contributed by atoms with van der Waals surface area (Å²) in [7, 11) is 1.52. The molecular formula is C13H14N2O4. The molecule has 100 valence electrons. The van der Waals surface area contributed by atoms with Gasteiger partial charge in [-0.2, -0.15) is 0 Å². The molecule has 19 heavy (non-hydrogen) atoms. The van der Waals surface area contributed by atoms with E-state index < -0.39 is 0 Å². The quantitative estimate of drug-likeness (QED) is 0.844. The van der Waals surface area contributed by atoms with Gasteiger partial charge in [-0.3, -0.25) is 0 Å². The predicted octanol–water partition coefficient (Wildman–Crippen LogP) is 1.26. The summed E-state index contributed by atoms with van der Waals surface area (Å²) >= 11 is 0. The SMILES string of the molecule is COc1cc(CO)ccc1Oc1ccc(CO)nn1. The summed E-state index contributed by atoms with van der Waals surface area (Å²) in [5, 5.41) is 25.5. The predicted molar refractivity (Wildman–Crippen MR) is 66.9 cm³/mol. The van der Waals surface area contributed by atoms with Crippen molar-refractivity contribution in [3.05, 3.63) is 41.6 Å². The van der Waals surface area contributed by atoms with Crippen molar-refractivity contribution in [3.8, 4) is 17.4 Å². The minimum Gasteiger partial charge on any atom is -0.493 e. The number of aromatic nitrogens is 2. The second-order valence-corrected chi connectivity index (χ2v) is 3.77. The van der Waals surface area contributed by atoms with E-state index in [-0.39, 0.29) is 13.2 Å². The van der Waals surface area contributed by atoms with Crippen LogP contribution in [0.25, 0.3) is 0 Å². The van der Waals surface area contributed by atoms with Crippen molar-refractivity contribution >= 4 is 0 Å². The molecule has 0 radical (unpaired) electrons. The van der Waals surface area contributed by atoms with Crippen LogP contribution < -0.4 is 9.47 Å². The van der Waals surface area contributed by atoms with Gasteiger partial charge in [0.05, 0.1) is 26.0 Å². The lowest BCUT2D eigenvalue weighted by molar-refractivity contribution is 0.274. The highest BCUT2D eigenvalue weighted by molar-refractivity contribution is 5.44. The lowest BCUT2D eigenvalue weighted by Crippen LogP contribution is -1.97. The summed E-state index contributed by atoms with van der Waals surface area (Å²) in [5.74, 6) is 1.28. The van der Waals surface area contributed by atoms with Crippen LogP contribution in [0.2, 0.25) is 0 Å². The van der Waals surface area contributed by atoms with Crippen molar-refractivity contribution in [2.75, 3.05) is 7.11 Å². The molecule has 1 aromatic heterocycles. The Bertz CT molecular complexity index is 543. The third-order valence-electron chi connectivity index (χ3n) is 2.48. The minimum absolute atomic E-state index is 0.0678. The number of hydrogen-bond donors (Lipinski definition) is 2. The van der Waals surface area contributed by atoms with Crippen molar-refractivity contribution in [3.63, 3.8) is 0 Å². The van der Waals surface area contributed by atoms with Gasteiger partial charge in [0.15, 0.2) is 11.5 Å². The van der Waals surface area contributed by atoms with Gasteiger partial charge in [0.25, 0.3) is 0 Å². The van der Waals surface area contributed by atoms with Gasteiger partial charge in [0.1, 0.15) is 0 Å². The summed E-state index contributed by atoms with van der Waals surface area (Å²) in [6.45, 7) is -0.233. The molecule has 0 saturated heterocycles. The second kappa shape index (κ2) is 6.12. The third-order valence-corrected chi connectivity index (χ3v) is 2.48. The Labute approximate surface area is 110 Å². The normalized spacial score (nSPS) is 10.3. The van der Waals surface area contributed by atoms with E-state index in [1.54, 1.807) is 30.3 Å². The molecule has 0 fully saturated rings. The van der Waals surface area contributed by atoms with Crippen LogP contribution in [0, 0.1) is 0 Å². The number of ether oxygens (including phenoxy) is 2. The molecular weight excluding hydrogens is 248 g/mol. The average Bonchev–Trinajstić information content (AvgIpc) is 2.48. The second-order valence-electron chi connectivity index (χ2n) is 3.77. The van der Waals surface area contributed by atoms with Crippen LogP contribution in [0.3, 0.4) is 0 Å². The van der Waals surface area contributed by atoms with Crippen molar-refractivity contribution in [1.29, 1.82) is 0 Å². The first-order valence-electron chi connectivity index (χ1n) is 5.66. The minimum atomic E-state index is -0.165. The summed E-state index contributed by atoms with van der Waals surface area (Å²) in [5.41, 5.74) is 1.20. The number of methoxy groups -OCH3 is 1. The van der Waals surface area contributed by atoms with Crippen LogP contribution in [0.4, 0.5) is 0 Å². The highest BCUT2D eigenvalue weighted by Crippen LogP contribution is 2.31. The Hall–Kier alpha value is -2.18. The van der Waals surface area contributed by atoms with Crippen molar-refractivity contribution < 1.29 is 19.7 Å². The first kappa shape index (κ1) is 13.3. The van der Waals surface area contributed by atoms with Gasteiger partial charge in [-0.1, -0.05) is 6.07 Å². The van der Waals surface area contributed by atoms with Crippen molar-refractivity contribution in [1.82, 2.24) is 10.2 Å². The summed E-state index contributed by atoms with van der Waals surface area (Å²) in [4.78, 5) is 0. The largest absolute Gasteiger partial charge is 0.493 e. The van der Waals surface area contributed by atoms with E-state index in [2.05, 4.69) is 10.2 Å². The number of aliphatic hydroxyl groups is 2.